The van der Waals surface area contributed by atoms with Crippen LogP contribution in [-0.2, 0) is 22.7 Å². The van der Waals surface area contributed by atoms with Crippen molar-refractivity contribution < 1.29 is 24.2 Å². The molecule has 3 aromatic carbocycles. The molecule has 2 N–H and O–H groups in total. The quantitative estimate of drug-likeness (QED) is 0.317. The third-order valence-corrected chi connectivity index (χ3v) is 7.45. The molecule has 39 heavy (non-hydrogen) atoms. The predicted molar refractivity (Wildman–Crippen MR) is 150 cm³/mol. The lowest BCUT2D eigenvalue weighted by atomic mass is 9.77. The second kappa shape index (κ2) is 12.8. The third-order valence-electron chi connectivity index (χ3n) is 7.19. The van der Waals surface area contributed by atoms with E-state index < -0.39 is 11.9 Å². The highest BCUT2D eigenvalue weighted by Gasteiger charge is 2.36. The monoisotopic (exact) mass is 548 g/mol. The van der Waals surface area contributed by atoms with Gasteiger partial charge in [0.25, 0.3) is 5.91 Å². The van der Waals surface area contributed by atoms with E-state index in [1.54, 1.807) is 19.2 Å². The number of nitrogens with zero attached hydrogens (tertiary/aromatic N) is 1. The smallest absolute Gasteiger partial charge is 0.305 e. The molecule has 4 rings (SSSR count). The van der Waals surface area contributed by atoms with Crippen LogP contribution in [0.5, 0.6) is 5.75 Å². The molecule has 2 unspecified atom stereocenters. The second-order valence-electron chi connectivity index (χ2n) is 9.74. The normalized spacial score (nSPS) is 13.9. The molecule has 0 saturated heterocycles. The van der Waals surface area contributed by atoms with Crippen LogP contribution < -0.4 is 10.1 Å². The van der Waals surface area contributed by atoms with E-state index >= 15 is 0 Å². The number of nitrogens with one attached hydrogen (secondary N) is 1. The van der Waals surface area contributed by atoms with Gasteiger partial charge in [-0.1, -0.05) is 61.3 Å². The van der Waals surface area contributed by atoms with Crippen molar-refractivity contribution in [2.45, 2.75) is 51.1 Å². The van der Waals surface area contributed by atoms with E-state index in [2.05, 4.69) is 12.2 Å². The fourth-order valence-electron chi connectivity index (χ4n) is 5.26. The Labute approximate surface area is 233 Å². The Kier molecular flexibility index (Phi) is 9.25. The number of carboxylic acid groups (broad SMARTS) is 1. The molecule has 2 amide bonds. The van der Waals surface area contributed by atoms with Gasteiger partial charge >= 0.3 is 5.97 Å². The molecule has 0 bridgehead atoms. The fourth-order valence-corrected chi connectivity index (χ4v) is 5.38. The van der Waals surface area contributed by atoms with Crippen LogP contribution in [0, 0.1) is 0 Å². The van der Waals surface area contributed by atoms with Gasteiger partial charge in [0, 0.05) is 29.2 Å². The first-order valence-corrected chi connectivity index (χ1v) is 13.5. The van der Waals surface area contributed by atoms with E-state index in [4.69, 9.17) is 21.4 Å². The van der Waals surface area contributed by atoms with E-state index in [9.17, 15) is 14.4 Å². The van der Waals surface area contributed by atoms with Gasteiger partial charge in [0.15, 0.2) is 0 Å². The minimum atomic E-state index is -0.967. The molecule has 0 spiro atoms. The van der Waals surface area contributed by atoms with E-state index in [1.165, 1.54) is 0 Å². The summed E-state index contributed by atoms with van der Waals surface area (Å²) in [6.07, 6.45) is 1.50. The molecule has 3 aromatic rings. The number of rotatable bonds is 11. The maximum atomic E-state index is 14.3. The summed E-state index contributed by atoms with van der Waals surface area (Å²) in [5.41, 5.74) is 4.41. The molecule has 0 fully saturated rings. The number of halogens is 1. The number of hydrogen-bond acceptors (Lipinski definition) is 4. The summed E-state index contributed by atoms with van der Waals surface area (Å²) in [4.78, 5) is 39.4. The van der Waals surface area contributed by atoms with Gasteiger partial charge in [0.2, 0.25) is 5.91 Å². The van der Waals surface area contributed by atoms with Gasteiger partial charge in [0.1, 0.15) is 5.75 Å². The van der Waals surface area contributed by atoms with Gasteiger partial charge in [-0.2, -0.15) is 0 Å². The summed E-state index contributed by atoms with van der Waals surface area (Å²) < 4.78 is 5.55. The zero-order valence-electron chi connectivity index (χ0n) is 22.2. The standard InChI is InChI=1S/C31H33ClN2O5/c1-3-5-25(20-8-10-22(11-9-20)30(37)33-17-16-28(35)36)29(21-12-14-24(32)15-13-21)31(38)34-18-23-6-4-7-27(39-2)26(23)19-34/h4,6-15,25,29H,3,5,16-19H2,1-2H3,(H,33,37)(H,35,36). The summed E-state index contributed by atoms with van der Waals surface area (Å²) in [5.74, 6) is -1.05. The Morgan fingerprint density at radius 2 is 1.69 bits per heavy atom. The van der Waals surface area contributed by atoms with Crippen molar-refractivity contribution in [1.29, 1.82) is 0 Å². The molecular formula is C31H33ClN2O5. The number of ether oxygens (including phenoxy) is 1. The molecule has 0 aliphatic carbocycles. The summed E-state index contributed by atoms with van der Waals surface area (Å²) in [7, 11) is 1.64. The third kappa shape index (κ3) is 6.60. The van der Waals surface area contributed by atoms with Crippen LogP contribution in [0.1, 0.15) is 70.6 Å². The van der Waals surface area contributed by atoms with E-state index in [0.717, 1.165) is 40.8 Å². The van der Waals surface area contributed by atoms with Crippen molar-refractivity contribution in [3.05, 3.63) is 99.6 Å². The summed E-state index contributed by atoms with van der Waals surface area (Å²) >= 11 is 6.20. The number of hydrogen-bond donors (Lipinski definition) is 2. The van der Waals surface area contributed by atoms with Crippen LogP contribution in [0.25, 0.3) is 0 Å². The van der Waals surface area contributed by atoms with Crippen LogP contribution >= 0.6 is 11.6 Å². The number of carboxylic acids is 1. The lowest BCUT2D eigenvalue weighted by Gasteiger charge is -2.31. The SMILES string of the molecule is CCCC(c1ccc(C(=O)NCCC(=O)O)cc1)C(C(=O)N1Cc2cccc(OC)c2C1)c1ccc(Cl)cc1. The molecule has 1 heterocycles. The molecule has 0 radical (unpaired) electrons. The molecule has 0 saturated carbocycles. The van der Waals surface area contributed by atoms with Crippen molar-refractivity contribution in [2.24, 2.45) is 0 Å². The van der Waals surface area contributed by atoms with E-state index in [-0.39, 0.29) is 30.7 Å². The average molecular weight is 549 g/mol. The van der Waals surface area contributed by atoms with Crippen LogP contribution in [0.4, 0.5) is 0 Å². The highest BCUT2D eigenvalue weighted by atomic mass is 35.5. The van der Waals surface area contributed by atoms with Crippen molar-refractivity contribution in [3.8, 4) is 5.75 Å². The van der Waals surface area contributed by atoms with Gasteiger partial charge in [-0.15, -0.1) is 0 Å². The Morgan fingerprint density at radius 1 is 1.00 bits per heavy atom. The first kappa shape index (κ1) is 28.2. The number of benzene rings is 3. The van der Waals surface area contributed by atoms with Gasteiger partial charge in [-0.25, -0.2) is 0 Å². The average Bonchev–Trinajstić information content (AvgIpc) is 3.38. The zero-order chi connectivity index (χ0) is 27.9. The maximum absolute atomic E-state index is 14.3. The van der Waals surface area contributed by atoms with Gasteiger partial charge < -0.3 is 20.1 Å². The fraction of sp³-hybridized carbons (Fsp3) is 0.323. The van der Waals surface area contributed by atoms with E-state index in [1.807, 2.05) is 59.5 Å². The Bertz CT molecular complexity index is 1320. The van der Waals surface area contributed by atoms with Crippen molar-refractivity contribution in [2.75, 3.05) is 13.7 Å². The van der Waals surface area contributed by atoms with Gasteiger partial charge in [0.05, 0.1) is 26.0 Å². The molecular weight excluding hydrogens is 516 g/mol. The number of aliphatic carboxylic acids is 1. The van der Waals surface area contributed by atoms with Gasteiger partial charge in [-0.05, 0) is 59.4 Å². The van der Waals surface area contributed by atoms with Crippen molar-refractivity contribution >= 4 is 29.4 Å². The molecule has 1 aliphatic rings. The minimum absolute atomic E-state index is 0.0320. The molecule has 204 valence electrons. The predicted octanol–water partition coefficient (Wildman–Crippen LogP) is 5.76. The number of methoxy groups -OCH3 is 1. The van der Waals surface area contributed by atoms with Crippen LogP contribution in [-0.4, -0.2) is 41.4 Å². The highest BCUT2D eigenvalue weighted by molar-refractivity contribution is 6.30. The maximum Gasteiger partial charge on any atom is 0.305 e. The first-order chi connectivity index (χ1) is 18.8. The second-order valence-corrected chi connectivity index (χ2v) is 10.2. The highest BCUT2D eigenvalue weighted by Crippen LogP contribution is 2.41. The van der Waals surface area contributed by atoms with E-state index in [0.29, 0.717) is 23.7 Å². The number of carbonyl (C=O) groups is 3. The summed E-state index contributed by atoms with van der Waals surface area (Å²) in [6, 6.07) is 20.6. The lowest BCUT2D eigenvalue weighted by Crippen LogP contribution is -2.34. The molecule has 7 nitrogen and oxygen atoms in total. The molecule has 2 atom stereocenters. The first-order valence-electron chi connectivity index (χ1n) is 13.1. The number of fused-ring (bicyclic) bond motifs is 1. The largest absolute Gasteiger partial charge is 0.496 e. The molecule has 0 aromatic heterocycles. The lowest BCUT2D eigenvalue weighted by molar-refractivity contribution is -0.137. The number of carbonyl (C=O) groups excluding carboxylic acids is 2. The Hall–Kier alpha value is -3.84. The van der Waals surface area contributed by atoms with Crippen LogP contribution in [0.2, 0.25) is 5.02 Å². The minimum Gasteiger partial charge on any atom is -0.496 e. The van der Waals surface area contributed by atoms with Gasteiger partial charge in [-0.3, -0.25) is 14.4 Å². The summed E-state index contributed by atoms with van der Waals surface area (Å²) in [6.45, 7) is 3.15. The summed E-state index contributed by atoms with van der Waals surface area (Å²) in [5, 5.41) is 12.0. The zero-order valence-corrected chi connectivity index (χ0v) is 22.9. The Balaban J connectivity index is 1.64. The van der Waals surface area contributed by atoms with Crippen molar-refractivity contribution in [1.82, 2.24) is 10.2 Å². The van der Waals surface area contributed by atoms with Crippen LogP contribution in [0.15, 0.2) is 66.7 Å². The topological polar surface area (TPSA) is 95.9 Å². The Morgan fingerprint density at radius 3 is 2.33 bits per heavy atom. The van der Waals surface area contributed by atoms with Crippen LogP contribution in [0.3, 0.4) is 0 Å². The molecule has 8 heteroatoms. The number of amides is 2. The van der Waals surface area contributed by atoms with Crippen molar-refractivity contribution in [3.63, 3.8) is 0 Å². The molecule has 1 aliphatic heterocycles.